The zero-order valence-corrected chi connectivity index (χ0v) is 14.6. The zero-order chi connectivity index (χ0) is 19.2. The SMILES string of the molecule is O=C(c1cnn(-c2ccc(Cl)cc2)c1C(F)(F)F)N1CCc2ccccc21. The molecule has 8 heteroatoms. The van der Waals surface area contributed by atoms with E-state index in [-0.39, 0.29) is 5.69 Å². The van der Waals surface area contributed by atoms with Crippen molar-refractivity contribution in [2.24, 2.45) is 0 Å². The Morgan fingerprint density at radius 2 is 1.78 bits per heavy atom. The van der Waals surface area contributed by atoms with E-state index >= 15 is 0 Å². The number of rotatable bonds is 2. The smallest absolute Gasteiger partial charge is 0.308 e. The standard InChI is InChI=1S/C19H13ClF3N3O/c20-13-5-7-14(8-6-13)26-17(19(21,22)23)15(11-24-26)18(27)25-10-9-12-3-1-2-4-16(12)25/h1-8,11H,9-10H2. The molecule has 27 heavy (non-hydrogen) atoms. The Balaban J connectivity index is 1.80. The first-order valence-electron chi connectivity index (χ1n) is 8.17. The van der Waals surface area contributed by atoms with Crippen molar-refractivity contribution >= 4 is 23.2 Å². The first-order chi connectivity index (χ1) is 12.9. The summed E-state index contributed by atoms with van der Waals surface area (Å²) in [5.74, 6) is -0.715. The number of benzene rings is 2. The van der Waals surface area contributed by atoms with Crippen molar-refractivity contribution in [1.29, 1.82) is 0 Å². The second-order valence-electron chi connectivity index (χ2n) is 6.13. The summed E-state index contributed by atoms with van der Waals surface area (Å²) in [6.07, 6.45) is -3.17. The molecule has 1 amide bonds. The van der Waals surface area contributed by atoms with Gasteiger partial charge in [-0.25, -0.2) is 4.68 Å². The summed E-state index contributed by atoms with van der Waals surface area (Å²) >= 11 is 5.81. The van der Waals surface area contributed by atoms with Crippen molar-refractivity contribution < 1.29 is 18.0 Å². The van der Waals surface area contributed by atoms with Crippen LogP contribution in [0.15, 0.2) is 54.7 Å². The lowest BCUT2D eigenvalue weighted by atomic mass is 10.1. The third-order valence-electron chi connectivity index (χ3n) is 4.47. The number of hydrogen-bond acceptors (Lipinski definition) is 2. The van der Waals surface area contributed by atoms with Gasteiger partial charge in [0, 0.05) is 17.3 Å². The van der Waals surface area contributed by atoms with E-state index in [1.165, 1.54) is 29.2 Å². The quantitative estimate of drug-likeness (QED) is 0.632. The number of amides is 1. The van der Waals surface area contributed by atoms with Gasteiger partial charge in [0.2, 0.25) is 0 Å². The Labute approximate surface area is 157 Å². The van der Waals surface area contributed by atoms with Crippen LogP contribution in [-0.4, -0.2) is 22.2 Å². The van der Waals surface area contributed by atoms with E-state index in [0.29, 0.717) is 23.7 Å². The van der Waals surface area contributed by atoms with Gasteiger partial charge < -0.3 is 4.90 Å². The van der Waals surface area contributed by atoms with Crippen LogP contribution in [-0.2, 0) is 12.6 Å². The second kappa shape index (κ2) is 6.42. The van der Waals surface area contributed by atoms with E-state index in [4.69, 9.17) is 11.6 Å². The van der Waals surface area contributed by atoms with Crippen molar-refractivity contribution in [2.75, 3.05) is 11.4 Å². The van der Waals surface area contributed by atoms with Gasteiger partial charge in [-0.3, -0.25) is 4.79 Å². The molecule has 0 N–H and O–H groups in total. The van der Waals surface area contributed by atoms with Crippen LogP contribution in [0.3, 0.4) is 0 Å². The van der Waals surface area contributed by atoms with Crippen molar-refractivity contribution in [3.05, 3.63) is 76.6 Å². The van der Waals surface area contributed by atoms with E-state index in [9.17, 15) is 18.0 Å². The molecule has 0 spiro atoms. The first kappa shape index (κ1) is 17.6. The number of para-hydroxylation sites is 1. The van der Waals surface area contributed by atoms with Crippen LogP contribution >= 0.6 is 11.6 Å². The Bertz CT molecular complexity index is 1010. The molecule has 0 fully saturated rings. The highest BCUT2D eigenvalue weighted by molar-refractivity contribution is 6.30. The van der Waals surface area contributed by atoms with Gasteiger partial charge in [0.05, 0.1) is 17.4 Å². The Morgan fingerprint density at radius 1 is 1.07 bits per heavy atom. The molecule has 0 aliphatic carbocycles. The minimum absolute atomic E-state index is 0.174. The molecule has 4 rings (SSSR count). The van der Waals surface area contributed by atoms with Crippen molar-refractivity contribution in [2.45, 2.75) is 12.6 Å². The lowest BCUT2D eigenvalue weighted by Crippen LogP contribution is -2.31. The summed E-state index contributed by atoms with van der Waals surface area (Å²) in [4.78, 5) is 14.3. The molecule has 2 aromatic carbocycles. The van der Waals surface area contributed by atoms with Gasteiger partial charge >= 0.3 is 6.18 Å². The van der Waals surface area contributed by atoms with Crippen molar-refractivity contribution in [3.63, 3.8) is 0 Å². The molecule has 4 nitrogen and oxygen atoms in total. The second-order valence-corrected chi connectivity index (χ2v) is 6.56. The fraction of sp³-hybridized carbons (Fsp3) is 0.158. The van der Waals surface area contributed by atoms with E-state index in [1.807, 2.05) is 12.1 Å². The van der Waals surface area contributed by atoms with Crippen LogP contribution in [0.25, 0.3) is 5.69 Å². The zero-order valence-electron chi connectivity index (χ0n) is 13.9. The summed E-state index contributed by atoms with van der Waals surface area (Å²) in [5.41, 5.74) is 0.167. The maximum atomic E-state index is 13.8. The molecular weight excluding hydrogens is 379 g/mol. The summed E-state index contributed by atoms with van der Waals surface area (Å²) in [7, 11) is 0. The molecule has 0 unspecified atom stereocenters. The highest BCUT2D eigenvalue weighted by Gasteiger charge is 2.42. The van der Waals surface area contributed by atoms with Gasteiger partial charge in [0.15, 0.2) is 5.69 Å². The predicted molar refractivity (Wildman–Crippen MR) is 95.4 cm³/mol. The molecule has 0 saturated carbocycles. The van der Waals surface area contributed by atoms with Crippen molar-refractivity contribution in [1.82, 2.24) is 9.78 Å². The average molecular weight is 392 g/mol. The summed E-state index contributed by atoms with van der Waals surface area (Å²) < 4.78 is 42.1. The molecule has 1 aliphatic heterocycles. The molecule has 0 bridgehead atoms. The van der Waals surface area contributed by atoms with Gasteiger partial charge in [-0.2, -0.15) is 18.3 Å². The molecule has 0 atom stereocenters. The molecule has 1 aromatic heterocycles. The predicted octanol–water partition coefficient (Wildman–Crippen LogP) is 4.75. The van der Waals surface area contributed by atoms with Crippen LogP contribution in [0.1, 0.15) is 21.6 Å². The third-order valence-corrected chi connectivity index (χ3v) is 4.72. The van der Waals surface area contributed by atoms with Crippen LogP contribution in [0.2, 0.25) is 5.02 Å². The molecule has 138 valence electrons. The number of fused-ring (bicyclic) bond motifs is 1. The minimum atomic E-state index is -4.75. The maximum absolute atomic E-state index is 13.8. The molecule has 0 saturated heterocycles. The number of aromatic nitrogens is 2. The largest absolute Gasteiger partial charge is 0.434 e. The fourth-order valence-electron chi connectivity index (χ4n) is 3.25. The number of nitrogens with zero attached hydrogens (tertiary/aromatic N) is 3. The number of halogens is 4. The van der Waals surface area contributed by atoms with Crippen molar-refractivity contribution in [3.8, 4) is 5.69 Å². The highest BCUT2D eigenvalue weighted by Crippen LogP contribution is 2.36. The lowest BCUT2D eigenvalue weighted by Gasteiger charge is -2.18. The molecule has 2 heterocycles. The van der Waals surface area contributed by atoms with E-state index < -0.39 is 23.3 Å². The van der Waals surface area contributed by atoms with Gasteiger partial charge in [0.25, 0.3) is 5.91 Å². The number of hydrogen-bond donors (Lipinski definition) is 0. The van der Waals surface area contributed by atoms with Gasteiger partial charge in [-0.1, -0.05) is 29.8 Å². The Morgan fingerprint density at radius 3 is 2.48 bits per heavy atom. The Kier molecular flexibility index (Phi) is 4.19. The third kappa shape index (κ3) is 3.08. The molecule has 0 radical (unpaired) electrons. The van der Waals surface area contributed by atoms with Crippen LogP contribution in [0.5, 0.6) is 0 Å². The fourth-order valence-corrected chi connectivity index (χ4v) is 3.38. The van der Waals surface area contributed by atoms with E-state index in [1.54, 1.807) is 12.1 Å². The first-order valence-corrected chi connectivity index (χ1v) is 8.55. The minimum Gasteiger partial charge on any atom is -0.308 e. The number of carbonyl (C=O) groups is 1. The summed E-state index contributed by atoms with van der Waals surface area (Å²) in [6.45, 7) is 0.335. The van der Waals surface area contributed by atoms with Crippen LogP contribution in [0, 0.1) is 0 Å². The number of anilines is 1. The maximum Gasteiger partial charge on any atom is 0.434 e. The van der Waals surface area contributed by atoms with Gasteiger partial charge in [0.1, 0.15) is 0 Å². The summed E-state index contributed by atoms with van der Waals surface area (Å²) in [5, 5.41) is 4.23. The highest BCUT2D eigenvalue weighted by atomic mass is 35.5. The van der Waals surface area contributed by atoms with E-state index in [0.717, 1.165) is 16.4 Å². The Hall–Kier alpha value is -2.80. The van der Waals surface area contributed by atoms with E-state index in [2.05, 4.69) is 5.10 Å². The monoisotopic (exact) mass is 391 g/mol. The normalized spacial score (nSPS) is 13.7. The summed E-state index contributed by atoms with van der Waals surface area (Å²) in [6, 6.07) is 13.0. The number of alkyl halides is 3. The van der Waals surface area contributed by atoms with Gasteiger partial charge in [-0.05, 0) is 42.3 Å². The van der Waals surface area contributed by atoms with Crippen LogP contribution in [0.4, 0.5) is 18.9 Å². The average Bonchev–Trinajstić information content (AvgIpc) is 3.26. The molecule has 1 aliphatic rings. The van der Waals surface area contributed by atoms with Crippen LogP contribution < -0.4 is 4.90 Å². The van der Waals surface area contributed by atoms with Gasteiger partial charge in [-0.15, -0.1) is 0 Å². The molecule has 3 aromatic rings. The molecular formula is C19H13ClF3N3O. The topological polar surface area (TPSA) is 38.1 Å². The lowest BCUT2D eigenvalue weighted by molar-refractivity contribution is -0.143. The number of carbonyl (C=O) groups excluding carboxylic acids is 1.